The zero-order valence-electron chi connectivity index (χ0n) is 18.8. The van der Waals surface area contributed by atoms with E-state index in [0.717, 1.165) is 11.8 Å². The highest BCUT2D eigenvalue weighted by Gasteiger charge is 2.19. The Hall–Kier alpha value is -3.69. The highest BCUT2D eigenvalue weighted by atomic mass is 35.5. The van der Waals surface area contributed by atoms with Gasteiger partial charge in [-0.2, -0.15) is 0 Å². The summed E-state index contributed by atoms with van der Waals surface area (Å²) < 4.78 is 1.37. The third-order valence-corrected chi connectivity index (χ3v) is 6.27. The van der Waals surface area contributed by atoms with Gasteiger partial charge in [-0.25, -0.2) is 9.66 Å². The lowest BCUT2D eigenvalue weighted by Gasteiger charge is -2.11. The van der Waals surface area contributed by atoms with Gasteiger partial charge >= 0.3 is 5.97 Å². The molecular weight excluding hydrogens is 532 g/mol. The SMILES string of the molecule is CC(=O)NNC(=O)CSc1nnc(Cc2csc(NCCC(=O)O)n2)n1NC(=O)c1ccc(Cl)cc1. The number of carbonyl (C=O) groups excluding carboxylic acids is 3. The maximum atomic E-state index is 12.8. The van der Waals surface area contributed by atoms with Gasteiger partial charge in [0.25, 0.3) is 5.91 Å². The fraction of sp³-hybridized carbons (Fsp3) is 0.250. The fourth-order valence-corrected chi connectivity index (χ4v) is 4.20. The van der Waals surface area contributed by atoms with E-state index in [1.54, 1.807) is 29.6 Å². The molecule has 2 heterocycles. The lowest BCUT2D eigenvalue weighted by atomic mass is 10.2. The summed E-state index contributed by atoms with van der Waals surface area (Å²) >= 11 is 8.20. The number of hydrogen-bond acceptors (Lipinski definition) is 10. The number of halogens is 1. The molecular formula is C20H21ClN8O5S2. The van der Waals surface area contributed by atoms with Crippen LogP contribution in [0, 0.1) is 0 Å². The molecule has 3 amide bonds. The van der Waals surface area contributed by atoms with Gasteiger partial charge in [-0.15, -0.1) is 21.5 Å². The molecule has 0 unspecified atom stereocenters. The van der Waals surface area contributed by atoms with E-state index in [2.05, 4.69) is 36.8 Å². The quantitative estimate of drug-likeness (QED) is 0.173. The van der Waals surface area contributed by atoms with Gasteiger partial charge in [0.15, 0.2) is 11.0 Å². The second-order valence-electron chi connectivity index (χ2n) is 7.09. The summed E-state index contributed by atoms with van der Waals surface area (Å²) in [5.74, 6) is -2.03. The molecule has 36 heavy (non-hydrogen) atoms. The van der Waals surface area contributed by atoms with Crippen molar-refractivity contribution in [3.05, 3.63) is 51.7 Å². The summed E-state index contributed by atoms with van der Waals surface area (Å²) in [6.07, 6.45) is 0.153. The first kappa shape index (κ1) is 26.9. The summed E-state index contributed by atoms with van der Waals surface area (Å²) in [6.45, 7) is 1.49. The average molecular weight is 553 g/mol. The number of rotatable bonds is 11. The molecule has 0 bridgehead atoms. The highest BCUT2D eigenvalue weighted by Crippen LogP contribution is 2.21. The molecule has 0 fully saturated rings. The smallest absolute Gasteiger partial charge is 0.305 e. The Morgan fingerprint density at radius 2 is 1.89 bits per heavy atom. The number of aliphatic carboxylic acids is 1. The Kier molecular flexibility index (Phi) is 9.61. The number of carboxylic acid groups (broad SMARTS) is 1. The Morgan fingerprint density at radius 3 is 2.58 bits per heavy atom. The van der Waals surface area contributed by atoms with E-state index >= 15 is 0 Å². The summed E-state index contributed by atoms with van der Waals surface area (Å²) in [4.78, 5) is 50.9. The monoisotopic (exact) mass is 552 g/mol. The average Bonchev–Trinajstić information content (AvgIpc) is 3.43. The van der Waals surface area contributed by atoms with Crippen LogP contribution in [0.3, 0.4) is 0 Å². The summed E-state index contributed by atoms with van der Waals surface area (Å²) in [6, 6.07) is 6.29. The maximum absolute atomic E-state index is 12.8. The van der Waals surface area contributed by atoms with Crippen molar-refractivity contribution in [3.8, 4) is 0 Å². The number of benzene rings is 1. The Bertz CT molecular complexity index is 1250. The second kappa shape index (κ2) is 12.9. The van der Waals surface area contributed by atoms with Crippen LogP contribution in [0.5, 0.6) is 0 Å². The lowest BCUT2D eigenvalue weighted by molar-refractivity contribution is -0.136. The number of anilines is 1. The molecule has 2 aromatic heterocycles. The van der Waals surface area contributed by atoms with Crippen LogP contribution in [0.15, 0.2) is 34.8 Å². The predicted molar refractivity (Wildman–Crippen MR) is 134 cm³/mol. The van der Waals surface area contributed by atoms with Crippen molar-refractivity contribution in [1.82, 2.24) is 30.7 Å². The lowest BCUT2D eigenvalue weighted by Crippen LogP contribution is -2.41. The van der Waals surface area contributed by atoms with E-state index in [9.17, 15) is 19.2 Å². The number of nitrogens with zero attached hydrogens (tertiary/aromatic N) is 4. The first-order valence-electron chi connectivity index (χ1n) is 10.3. The number of carboxylic acids is 1. The van der Waals surface area contributed by atoms with E-state index in [1.165, 1.54) is 22.9 Å². The van der Waals surface area contributed by atoms with Crippen molar-refractivity contribution in [3.63, 3.8) is 0 Å². The van der Waals surface area contributed by atoms with Gasteiger partial charge in [0, 0.05) is 29.4 Å². The first-order valence-corrected chi connectivity index (χ1v) is 12.5. The molecule has 0 aliphatic carbocycles. The Morgan fingerprint density at radius 1 is 1.14 bits per heavy atom. The maximum Gasteiger partial charge on any atom is 0.305 e. The number of thiazole rings is 1. The van der Waals surface area contributed by atoms with Gasteiger partial charge in [0.1, 0.15) is 0 Å². The van der Waals surface area contributed by atoms with Crippen LogP contribution in [0.2, 0.25) is 5.02 Å². The summed E-state index contributed by atoms with van der Waals surface area (Å²) in [5.41, 5.74) is 8.13. The molecule has 0 spiro atoms. The van der Waals surface area contributed by atoms with E-state index in [4.69, 9.17) is 16.7 Å². The van der Waals surface area contributed by atoms with E-state index in [0.29, 0.717) is 27.2 Å². The van der Waals surface area contributed by atoms with Crippen LogP contribution in [-0.4, -0.2) is 61.0 Å². The number of hydrogen-bond donors (Lipinski definition) is 5. The minimum atomic E-state index is -0.917. The molecule has 5 N–H and O–H groups in total. The molecule has 16 heteroatoms. The number of aromatic nitrogens is 4. The molecule has 0 saturated carbocycles. The van der Waals surface area contributed by atoms with Crippen molar-refractivity contribution in [2.24, 2.45) is 0 Å². The third kappa shape index (κ3) is 8.21. The zero-order valence-corrected chi connectivity index (χ0v) is 21.2. The molecule has 3 aromatic rings. The van der Waals surface area contributed by atoms with Crippen molar-refractivity contribution >= 4 is 63.5 Å². The van der Waals surface area contributed by atoms with E-state index < -0.39 is 23.7 Å². The summed E-state index contributed by atoms with van der Waals surface area (Å²) in [7, 11) is 0. The van der Waals surface area contributed by atoms with Crippen molar-refractivity contribution < 1.29 is 24.3 Å². The normalized spacial score (nSPS) is 10.5. The van der Waals surface area contributed by atoms with Gasteiger partial charge in [-0.05, 0) is 24.3 Å². The van der Waals surface area contributed by atoms with Crippen LogP contribution >= 0.6 is 34.7 Å². The van der Waals surface area contributed by atoms with Gasteiger partial charge in [-0.1, -0.05) is 23.4 Å². The Balaban J connectivity index is 1.75. The molecule has 0 saturated heterocycles. The molecule has 1 aromatic carbocycles. The van der Waals surface area contributed by atoms with Crippen LogP contribution < -0.4 is 21.6 Å². The van der Waals surface area contributed by atoms with Crippen LogP contribution in [0.25, 0.3) is 0 Å². The molecule has 0 aliphatic heterocycles. The number of hydrazine groups is 1. The number of nitrogens with one attached hydrogen (secondary N) is 4. The second-order valence-corrected chi connectivity index (χ2v) is 9.33. The van der Waals surface area contributed by atoms with E-state index in [1.807, 2.05) is 0 Å². The van der Waals surface area contributed by atoms with Crippen molar-refractivity contribution in [2.75, 3.05) is 23.0 Å². The standard InChI is InChI=1S/C20H21ClN8O5S2/c1-11(30)24-26-16(31)10-36-20-27-25-15(8-14-9-35-19(23-14)22-7-6-17(32)33)29(20)28-18(34)12-2-4-13(21)5-3-12/h2-5,9H,6-8,10H2,1H3,(H,22,23)(H,24,30)(H,26,31)(H,28,34)(H,32,33). The summed E-state index contributed by atoms with van der Waals surface area (Å²) in [5, 5.41) is 23.0. The minimum Gasteiger partial charge on any atom is -0.481 e. The van der Waals surface area contributed by atoms with Crippen LogP contribution in [0.4, 0.5) is 5.13 Å². The first-order chi connectivity index (χ1) is 17.2. The van der Waals surface area contributed by atoms with E-state index in [-0.39, 0.29) is 30.3 Å². The minimum absolute atomic E-state index is 0.0456. The molecule has 0 radical (unpaired) electrons. The van der Waals surface area contributed by atoms with Gasteiger partial charge in [0.05, 0.1) is 24.3 Å². The highest BCUT2D eigenvalue weighted by molar-refractivity contribution is 7.99. The van der Waals surface area contributed by atoms with Gasteiger partial charge in [0.2, 0.25) is 17.0 Å². The predicted octanol–water partition coefficient (Wildman–Crippen LogP) is 1.51. The number of amides is 3. The molecule has 0 atom stereocenters. The fourth-order valence-electron chi connectivity index (χ4n) is 2.62. The van der Waals surface area contributed by atoms with Gasteiger partial charge in [-0.3, -0.25) is 35.5 Å². The topological polar surface area (TPSA) is 180 Å². The third-order valence-electron chi connectivity index (χ3n) is 4.24. The number of carbonyl (C=O) groups is 4. The zero-order chi connectivity index (χ0) is 26.1. The molecule has 13 nitrogen and oxygen atoms in total. The van der Waals surface area contributed by atoms with Crippen LogP contribution in [-0.2, 0) is 20.8 Å². The van der Waals surface area contributed by atoms with Crippen molar-refractivity contribution in [2.45, 2.75) is 24.9 Å². The largest absolute Gasteiger partial charge is 0.481 e. The molecule has 3 rings (SSSR count). The van der Waals surface area contributed by atoms with Crippen molar-refractivity contribution in [1.29, 1.82) is 0 Å². The Labute approximate surface area is 218 Å². The van der Waals surface area contributed by atoms with Gasteiger partial charge < -0.3 is 10.4 Å². The molecule has 190 valence electrons. The number of thioether (sulfide) groups is 1. The molecule has 0 aliphatic rings. The van der Waals surface area contributed by atoms with Crippen LogP contribution in [0.1, 0.15) is 35.2 Å².